The summed E-state index contributed by atoms with van der Waals surface area (Å²) in [7, 11) is 1.73. The maximum atomic E-state index is 11.8. The van der Waals surface area contributed by atoms with E-state index in [-0.39, 0.29) is 36.5 Å². The summed E-state index contributed by atoms with van der Waals surface area (Å²) in [5.74, 6) is 0. The fourth-order valence-corrected chi connectivity index (χ4v) is 3.11. The zero-order valence-electron chi connectivity index (χ0n) is 9.59. The number of fused-ring (bicyclic) bond motifs is 5. The van der Waals surface area contributed by atoms with E-state index >= 15 is 0 Å². The quantitative estimate of drug-likeness (QED) is 0.654. The molecule has 3 fully saturated rings. The predicted molar refractivity (Wildman–Crippen MR) is 55.1 cm³/mol. The summed E-state index contributed by atoms with van der Waals surface area (Å²) < 4.78 is 16.1. The maximum Gasteiger partial charge on any atom is 0.410 e. The summed E-state index contributed by atoms with van der Waals surface area (Å²) >= 11 is 0. The number of hydrogen-bond donors (Lipinski definition) is 0. The Morgan fingerprint density at radius 1 is 1.38 bits per heavy atom. The molecule has 0 aromatic heterocycles. The molecule has 3 saturated heterocycles. The van der Waals surface area contributed by atoms with Crippen LogP contribution >= 0.6 is 0 Å². The zero-order chi connectivity index (χ0) is 11.3. The molecular formula is C11H17NO4. The number of rotatable bonds is 2. The second-order valence-corrected chi connectivity index (χ2v) is 4.64. The number of piperidine rings is 1. The van der Waals surface area contributed by atoms with Crippen LogP contribution in [0.5, 0.6) is 0 Å². The molecule has 3 aliphatic rings. The van der Waals surface area contributed by atoms with Gasteiger partial charge in [0.2, 0.25) is 0 Å². The van der Waals surface area contributed by atoms with E-state index in [1.54, 1.807) is 7.11 Å². The lowest BCUT2D eigenvalue weighted by Gasteiger charge is -2.39. The highest BCUT2D eigenvalue weighted by atomic mass is 16.6. The van der Waals surface area contributed by atoms with Gasteiger partial charge in [0, 0.05) is 7.11 Å². The van der Waals surface area contributed by atoms with Crippen LogP contribution < -0.4 is 0 Å². The lowest BCUT2D eigenvalue weighted by atomic mass is 9.99. The highest BCUT2D eigenvalue weighted by molar-refractivity contribution is 5.70. The Morgan fingerprint density at radius 2 is 2.00 bits per heavy atom. The van der Waals surface area contributed by atoms with E-state index in [1.165, 1.54) is 0 Å². The van der Waals surface area contributed by atoms with Crippen molar-refractivity contribution in [3.05, 3.63) is 0 Å². The van der Waals surface area contributed by atoms with Gasteiger partial charge in [0.25, 0.3) is 0 Å². The predicted octanol–water partition coefficient (Wildman–Crippen LogP) is 0.772. The molecule has 3 rings (SSSR count). The average Bonchev–Trinajstić information content (AvgIpc) is 3.03. The van der Waals surface area contributed by atoms with Gasteiger partial charge in [-0.2, -0.15) is 0 Å². The average molecular weight is 227 g/mol. The van der Waals surface area contributed by atoms with E-state index < -0.39 is 0 Å². The van der Waals surface area contributed by atoms with E-state index in [9.17, 15) is 4.79 Å². The van der Waals surface area contributed by atoms with Crippen LogP contribution in [0.3, 0.4) is 0 Å². The van der Waals surface area contributed by atoms with E-state index in [0.29, 0.717) is 6.61 Å². The lowest BCUT2D eigenvalue weighted by Crippen LogP contribution is -2.52. The van der Waals surface area contributed by atoms with Gasteiger partial charge in [0.1, 0.15) is 12.2 Å². The Morgan fingerprint density at radius 3 is 2.50 bits per heavy atom. The van der Waals surface area contributed by atoms with Gasteiger partial charge in [-0.25, -0.2) is 4.79 Å². The number of nitrogens with zero attached hydrogens (tertiary/aromatic N) is 1. The summed E-state index contributed by atoms with van der Waals surface area (Å²) in [5, 5.41) is 0. The van der Waals surface area contributed by atoms with Gasteiger partial charge in [-0.15, -0.1) is 0 Å². The fraction of sp³-hybridized carbons (Fsp3) is 0.909. The first-order valence-corrected chi connectivity index (χ1v) is 5.89. The Balaban J connectivity index is 1.75. The second-order valence-electron chi connectivity index (χ2n) is 4.64. The first kappa shape index (κ1) is 10.4. The second kappa shape index (κ2) is 3.60. The molecular weight excluding hydrogens is 210 g/mol. The molecule has 3 aliphatic heterocycles. The number of methoxy groups -OCH3 is 1. The van der Waals surface area contributed by atoms with E-state index in [0.717, 1.165) is 12.8 Å². The third-order valence-corrected chi connectivity index (χ3v) is 3.86. The molecule has 5 heteroatoms. The standard InChI is InChI=1S/C11H17NO4/c1-3-15-11(13)12-7-4-6(14-2)5-8(12)10-9(7)16-10/h6-10H,3-5H2,1-2H3/t6?,7?,8?,9-,10?/m0/s1. The van der Waals surface area contributed by atoms with Gasteiger partial charge in [0.15, 0.2) is 0 Å². The molecule has 16 heavy (non-hydrogen) atoms. The number of ether oxygens (including phenoxy) is 3. The van der Waals surface area contributed by atoms with E-state index in [4.69, 9.17) is 14.2 Å². The number of carbonyl (C=O) groups is 1. The molecule has 2 bridgehead atoms. The summed E-state index contributed by atoms with van der Waals surface area (Å²) in [6.07, 6.45) is 2.27. The number of hydrogen-bond acceptors (Lipinski definition) is 4. The molecule has 0 N–H and O–H groups in total. The van der Waals surface area contributed by atoms with Crippen molar-refractivity contribution in [1.82, 2.24) is 4.90 Å². The van der Waals surface area contributed by atoms with Crippen molar-refractivity contribution in [3.8, 4) is 0 Å². The molecule has 0 radical (unpaired) electrons. The monoisotopic (exact) mass is 227 g/mol. The molecule has 0 aromatic rings. The summed E-state index contributed by atoms with van der Waals surface area (Å²) in [6, 6.07) is 0.320. The number of amides is 1. The first-order chi connectivity index (χ1) is 7.76. The molecule has 0 spiro atoms. The Kier molecular flexibility index (Phi) is 2.33. The molecule has 90 valence electrons. The van der Waals surface area contributed by atoms with Crippen molar-refractivity contribution in [3.63, 3.8) is 0 Å². The third-order valence-electron chi connectivity index (χ3n) is 3.86. The lowest BCUT2D eigenvalue weighted by molar-refractivity contribution is -0.0285. The molecule has 5 nitrogen and oxygen atoms in total. The summed E-state index contributed by atoms with van der Waals surface area (Å²) in [4.78, 5) is 13.7. The minimum absolute atomic E-state index is 0.160. The van der Waals surface area contributed by atoms with Crippen molar-refractivity contribution in [2.75, 3.05) is 13.7 Å². The van der Waals surface area contributed by atoms with Crippen LogP contribution in [-0.4, -0.2) is 55.1 Å². The van der Waals surface area contributed by atoms with Gasteiger partial charge >= 0.3 is 6.09 Å². The smallest absolute Gasteiger partial charge is 0.410 e. The van der Waals surface area contributed by atoms with E-state index in [1.807, 2.05) is 11.8 Å². The Bertz CT molecular complexity index is 290. The Hall–Kier alpha value is -0.810. The van der Waals surface area contributed by atoms with Crippen LogP contribution in [0.2, 0.25) is 0 Å². The van der Waals surface area contributed by atoms with Crippen LogP contribution in [0.4, 0.5) is 4.79 Å². The number of morpholine rings is 1. The molecule has 4 unspecified atom stereocenters. The van der Waals surface area contributed by atoms with E-state index in [2.05, 4.69) is 0 Å². The fourth-order valence-electron chi connectivity index (χ4n) is 3.11. The zero-order valence-corrected chi connectivity index (χ0v) is 9.59. The molecule has 0 aliphatic carbocycles. The van der Waals surface area contributed by atoms with Gasteiger partial charge in [-0.3, -0.25) is 4.90 Å². The highest BCUT2D eigenvalue weighted by Crippen LogP contribution is 2.48. The minimum atomic E-state index is -0.192. The van der Waals surface area contributed by atoms with Crippen LogP contribution in [-0.2, 0) is 14.2 Å². The van der Waals surface area contributed by atoms with Crippen molar-refractivity contribution in [2.24, 2.45) is 0 Å². The molecule has 0 saturated carbocycles. The largest absolute Gasteiger partial charge is 0.450 e. The molecule has 0 aromatic carbocycles. The van der Waals surface area contributed by atoms with Crippen molar-refractivity contribution >= 4 is 6.09 Å². The Labute approximate surface area is 94.6 Å². The van der Waals surface area contributed by atoms with Crippen molar-refractivity contribution in [2.45, 2.75) is 50.2 Å². The SMILES string of the molecule is CCOC(=O)N1C2CC(OC)CC1[C@@H]1OC21. The normalized spacial score (nSPS) is 44.1. The number of carbonyl (C=O) groups excluding carboxylic acids is 1. The molecule has 3 heterocycles. The van der Waals surface area contributed by atoms with Crippen molar-refractivity contribution in [1.29, 1.82) is 0 Å². The van der Waals surface area contributed by atoms with Gasteiger partial charge in [0.05, 0.1) is 24.8 Å². The first-order valence-electron chi connectivity index (χ1n) is 5.89. The van der Waals surface area contributed by atoms with Crippen LogP contribution in [0.15, 0.2) is 0 Å². The topological polar surface area (TPSA) is 51.3 Å². The van der Waals surface area contributed by atoms with Crippen LogP contribution in [0.25, 0.3) is 0 Å². The van der Waals surface area contributed by atoms with Crippen LogP contribution in [0.1, 0.15) is 19.8 Å². The number of epoxide rings is 1. The summed E-state index contributed by atoms with van der Waals surface area (Å²) in [5.41, 5.74) is 0. The highest BCUT2D eigenvalue weighted by Gasteiger charge is 2.65. The molecule has 1 amide bonds. The van der Waals surface area contributed by atoms with Crippen molar-refractivity contribution < 1.29 is 19.0 Å². The maximum absolute atomic E-state index is 11.8. The molecule has 5 atom stereocenters. The third kappa shape index (κ3) is 1.34. The summed E-state index contributed by atoms with van der Waals surface area (Å²) in [6.45, 7) is 2.26. The van der Waals surface area contributed by atoms with Gasteiger partial charge in [-0.1, -0.05) is 0 Å². The van der Waals surface area contributed by atoms with Gasteiger partial charge < -0.3 is 14.2 Å². The van der Waals surface area contributed by atoms with Crippen LogP contribution in [0, 0.1) is 0 Å². The minimum Gasteiger partial charge on any atom is -0.450 e. The van der Waals surface area contributed by atoms with Gasteiger partial charge in [-0.05, 0) is 19.8 Å².